The van der Waals surface area contributed by atoms with E-state index in [0.29, 0.717) is 12.5 Å². The summed E-state index contributed by atoms with van der Waals surface area (Å²) in [6.45, 7) is 13.9. The van der Waals surface area contributed by atoms with E-state index < -0.39 is 8.07 Å². The second-order valence-electron chi connectivity index (χ2n) is 6.60. The number of hydrogen-bond acceptors (Lipinski definition) is 2. The maximum atomic E-state index is 12.2. The van der Waals surface area contributed by atoms with Gasteiger partial charge in [-0.1, -0.05) is 43.8 Å². The highest BCUT2D eigenvalue weighted by Gasteiger charge is 2.39. The Kier molecular flexibility index (Phi) is 5.20. The smallest absolute Gasteiger partial charge is 0.313 e. The van der Waals surface area contributed by atoms with Gasteiger partial charge in [0.2, 0.25) is 0 Å². The first kappa shape index (κ1) is 15.5. The second kappa shape index (κ2) is 6.05. The molecule has 0 N–H and O–H groups in total. The molecule has 1 rings (SSSR count). The minimum absolute atomic E-state index is 0.00157. The van der Waals surface area contributed by atoms with Gasteiger partial charge in [-0.05, 0) is 32.6 Å². The predicted molar refractivity (Wildman–Crippen MR) is 79.4 cm³/mol. The molecule has 18 heavy (non-hydrogen) atoms. The molecule has 1 aliphatic rings. The van der Waals surface area contributed by atoms with Crippen molar-refractivity contribution >= 4 is 14.0 Å². The van der Waals surface area contributed by atoms with Gasteiger partial charge in [-0.3, -0.25) is 4.79 Å². The molecule has 0 heterocycles. The van der Waals surface area contributed by atoms with E-state index in [2.05, 4.69) is 33.5 Å². The van der Waals surface area contributed by atoms with Crippen LogP contribution in [0.3, 0.4) is 0 Å². The van der Waals surface area contributed by atoms with Gasteiger partial charge in [-0.25, -0.2) is 0 Å². The zero-order chi connectivity index (χ0) is 13.9. The Hall–Kier alpha value is -0.573. The Morgan fingerprint density at radius 1 is 1.33 bits per heavy atom. The van der Waals surface area contributed by atoms with Crippen LogP contribution in [0.2, 0.25) is 25.7 Å². The fraction of sp³-hybridized carbons (Fsp3) is 0.800. The van der Waals surface area contributed by atoms with Crippen molar-refractivity contribution in [1.82, 2.24) is 0 Å². The molecule has 0 saturated carbocycles. The van der Waals surface area contributed by atoms with E-state index in [0.717, 1.165) is 12.8 Å². The van der Waals surface area contributed by atoms with Crippen molar-refractivity contribution in [3.63, 3.8) is 0 Å². The highest BCUT2D eigenvalue weighted by molar-refractivity contribution is 6.76. The fourth-order valence-corrected chi connectivity index (χ4v) is 5.12. The summed E-state index contributed by atoms with van der Waals surface area (Å²) in [5.41, 5.74) is 2.77. The van der Waals surface area contributed by atoms with E-state index in [1.165, 1.54) is 17.2 Å². The van der Waals surface area contributed by atoms with Crippen LogP contribution in [-0.4, -0.2) is 20.7 Å². The molecule has 0 fully saturated rings. The molecule has 0 amide bonds. The maximum Gasteiger partial charge on any atom is 0.313 e. The Labute approximate surface area is 113 Å². The SMILES string of the molecule is CCOC(=O)C1C(C)=C(CC)CC1C[Si](C)(C)C. The van der Waals surface area contributed by atoms with Gasteiger partial charge < -0.3 is 4.74 Å². The molecule has 0 spiro atoms. The second-order valence-corrected chi connectivity index (χ2v) is 12.1. The van der Waals surface area contributed by atoms with Crippen LogP contribution in [0.4, 0.5) is 0 Å². The standard InChI is InChI=1S/C15H28O2Si/c1-7-12-9-13(10-18(4,5)6)14(11(12)3)15(16)17-8-2/h13-14H,7-10H2,1-6H3. The molecule has 2 atom stereocenters. The molecule has 3 heteroatoms. The highest BCUT2D eigenvalue weighted by atomic mass is 28.3. The lowest BCUT2D eigenvalue weighted by molar-refractivity contribution is -0.147. The Morgan fingerprint density at radius 2 is 1.94 bits per heavy atom. The van der Waals surface area contributed by atoms with Crippen LogP contribution in [-0.2, 0) is 9.53 Å². The van der Waals surface area contributed by atoms with Crippen molar-refractivity contribution in [2.24, 2.45) is 11.8 Å². The molecule has 0 aromatic carbocycles. The summed E-state index contributed by atoms with van der Waals surface area (Å²) in [4.78, 5) is 12.2. The number of hydrogen-bond donors (Lipinski definition) is 0. The summed E-state index contributed by atoms with van der Waals surface area (Å²) in [6, 6.07) is 1.22. The molecule has 1 aliphatic carbocycles. The van der Waals surface area contributed by atoms with Crippen LogP contribution < -0.4 is 0 Å². The zero-order valence-electron chi connectivity index (χ0n) is 12.8. The first-order valence-corrected chi connectivity index (χ1v) is 10.9. The number of carbonyl (C=O) groups is 1. The van der Waals surface area contributed by atoms with Gasteiger partial charge in [0, 0.05) is 8.07 Å². The molecule has 2 nitrogen and oxygen atoms in total. The molecule has 2 unspecified atom stereocenters. The number of ether oxygens (including phenoxy) is 1. The predicted octanol–water partition coefficient (Wildman–Crippen LogP) is 4.25. The molecule has 0 aliphatic heterocycles. The van der Waals surface area contributed by atoms with Gasteiger partial charge in [0.05, 0.1) is 12.5 Å². The zero-order valence-corrected chi connectivity index (χ0v) is 13.8. The van der Waals surface area contributed by atoms with Crippen LogP contribution >= 0.6 is 0 Å². The number of esters is 1. The number of carbonyl (C=O) groups excluding carboxylic acids is 1. The molecular weight excluding hydrogens is 240 g/mol. The third kappa shape index (κ3) is 3.71. The van der Waals surface area contributed by atoms with Crippen LogP contribution in [0.5, 0.6) is 0 Å². The summed E-state index contributed by atoms with van der Waals surface area (Å²) in [7, 11) is -1.14. The normalized spacial score (nSPS) is 24.6. The largest absolute Gasteiger partial charge is 0.466 e. The summed E-state index contributed by atoms with van der Waals surface area (Å²) in [5.74, 6) is 0.527. The molecule has 0 saturated heterocycles. The van der Waals surface area contributed by atoms with Gasteiger partial charge in [-0.2, -0.15) is 0 Å². The van der Waals surface area contributed by atoms with E-state index in [4.69, 9.17) is 4.74 Å². The fourth-order valence-electron chi connectivity index (χ4n) is 3.17. The highest BCUT2D eigenvalue weighted by Crippen LogP contribution is 2.43. The minimum atomic E-state index is -1.14. The summed E-state index contributed by atoms with van der Waals surface area (Å²) in [5, 5.41) is 0. The van der Waals surface area contributed by atoms with Crippen LogP contribution in [0, 0.1) is 11.8 Å². The topological polar surface area (TPSA) is 26.3 Å². The van der Waals surface area contributed by atoms with Gasteiger partial charge in [0.15, 0.2) is 0 Å². The third-order valence-electron chi connectivity index (χ3n) is 3.85. The summed E-state index contributed by atoms with van der Waals surface area (Å²) in [6.07, 6.45) is 2.18. The van der Waals surface area contributed by atoms with Crippen molar-refractivity contribution in [2.45, 2.75) is 59.3 Å². The Bertz CT molecular complexity index is 339. The quantitative estimate of drug-likeness (QED) is 0.423. The number of allylic oxidation sites excluding steroid dienone is 1. The summed E-state index contributed by atoms with van der Waals surface area (Å²) >= 11 is 0. The van der Waals surface area contributed by atoms with E-state index in [1.54, 1.807) is 0 Å². The van der Waals surface area contributed by atoms with Crippen molar-refractivity contribution in [1.29, 1.82) is 0 Å². The van der Waals surface area contributed by atoms with E-state index in [9.17, 15) is 4.79 Å². The lowest BCUT2D eigenvalue weighted by Crippen LogP contribution is -2.30. The first-order valence-electron chi connectivity index (χ1n) is 7.15. The van der Waals surface area contributed by atoms with Crippen molar-refractivity contribution < 1.29 is 9.53 Å². The molecule has 0 bridgehead atoms. The van der Waals surface area contributed by atoms with Gasteiger partial charge >= 0.3 is 5.97 Å². The molecular formula is C15H28O2Si. The van der Waals surface area contributed by atoms with Gasteiger partial charge in [0.1, 0.15) is 0 Å². The molecule has 0 radical (unpaired) electrons. The Balaban J connectivity index is 2.89. The molecule has 104 valence electrons. The Morgan fingerprint density at radius 3 is 2.39 bits per heavy atom. The average molecular weight is 268 g/mol. The molecule has 0 aromatic rings. The third-order valence-corrected chi connectivity index (χ3v) is 5.60. The van der Waals surface area contributed by atoms with Crippen LogP contribution in [0.25, 0.3) is 0 Å². The van der Waals surface area contributed by atoms with Crippen molar-refractivity contribution in [3.05, 3.63) is 11.1 Å². The van der Waals surface area contributed by atoms with Crippen molar-refractivity contribution in [3.8, 4) is 0 Å². The van der Waals surface area contributed by atoms with E-state index in [1.807, 2.05) is 6.92 Å². The first-order chi connectivity index (χ1) is 8.30. The van der Waals surface area contributed by atoms with Gasteiger partial charge in [0.25, 0.3) is 0 Å². The van der Waals surface area contributed by atoms with Crippen LogP contribution in [0.1, 0.15) is 33.6 Å². The summed E-state index contributed by atoms with van der Waals surface area (Å²) < 4.78 is 5.28. The average Bonchev–Trinajstić information content (AvgIpc) is 2.52. The van der Waals surface area contributed by atoms with Crippen molar-refractivity contribution in [2.75, 3.05) is 6.61 Å². The van der Waals surface area contributed by atoms with E-state index >= 15 is 0 Å². The van der Waals surface area contributed by atoms with Gasteiger partial charge in [-0.15, -0.1) is 0 Å². The minimum Gasteiger partial charge on any atom is -0.466 e. The maximum absolute atomic E-state index is 12.2. The monoisotopic (exact) mass is 268 g/mol. The lowest BCUT2D eigenvalue weighted by atomic mass is 9.93. The van der Waals surface area contributed by atoms with Crippen LogP contribution in [0.15, 0.2) is 11.1 Å². The number of rotatable bonds is 5. The van der Waals surface area contributed by atoms with E-state index in [-0.39, 0.29) is 11.9 Å². The molecule has 0 aromatic heterocycles. The lowest BCUT2D eigenvalue weighted by Gasteiger charge is -2.26.